The third-order valence-electron chi connectivity index (χ3n) is 1.88. The van der Waals surface area contributed by atoms with E-state index in [1.165, 1.54) is 0 Å². The van der Waals surface area contributed by atoms with Gasteiger partial charge in [0.15, 0.2) is 11.6 Å². The van der Waals surface area contributed by atoms with E-state index in [2.05, 4.69) is 10.3 Å². The third kappa shape index (κ3) is 3.84. The van der Waals surface area contributed by atoms with Crippen LogP contribution in [0.5, 0.6) is 5.75 Å². The molecule has 0 saturated carbocycles. The minimum Gasteiger partial charge on any atom is -0.493 e. The van der Waals surface area contributed by atoms with E-state index in [-0.39, 0.29) is 5.91 Å². The van der Waals surface area contributed by atoms with Gasteiger partial charge in [-0.2, -0.15) is 0 Å². The fourth-order valence-corrected chi connectivity index (χ4v) is 1.16. The molecule has 1 aromatic rings. The van der Waals surface area contributed by atoms with E-state index in [9.17, 15) is 4.79 Å². The molecular weight excluding hydrogens is 194 g/mol. The number of ether oxygens (including phenoxy) is 1. The molecule has 0 bridgehead atoms. The fourth-order valence-electron chi connectivity index (χ4n) is 1.16. The number of hydrogen-bond donors (Lipinski definition) is 2. The molecule has 0 fully saturated rings. The molecule has 0 saturated heterocycles. The Hall–Kier alpha value is -1.78. The molecule has 0 aromatic carbocycles. The first kappa shape index (κ1) is 11.3. The highest BCUT2D eigenvalue weighted by molar-refractivity contribution is 5.73. The molecule has 15 heavy (non-hydrogen) atoms. The molecule has 1 rings (SSSR count). The van der Waals surface area contributed by atoms with Gasteiger partial charge < -0.3 is 15.8 Å². The summed E-state index contributed by atoms with van der Waals surface area (Å²) in [5.41, 5.74) is 5.02. The van der Waals surface area contributed by atoms with Gasteiger partial charge >= 0.3 is 0 Å². The quantitative estimate of drug-likeness (QED) is 0.678. The van der Waals surface area contributed by atoms with E-state index < -0.39 is 0 Å². The van der Waals surface area contributed by atoms with Crippen LogP contribution in [0.3, 0.4) is 0 Å². The Morgan fingerprint density at radius 1 is 1.67 bits per heavy atom. The van der Waals surface area contributed by atoms with Crippen LogP contribution in [-0.4, -0.2) is 24.5 Å². The summed E-state index contributed by atoms with van der Waals surface area (Å²) >= 11 is 0. The van der Waals surface area contributed by atoms with Crippen molar-refractivity contribution >= 4 is 11.7 Å². The number of carbonyl (C=O) groups is 1. The monoisotopic (exact) mass is 209 g/mol. The number of nitrogens with two attached hydrogens (primary N) is 1. The number of nitrogens with one attached hydrogen (secondary N) is 1. The number of rotatable bonds is 6. The zero-order valence-electron chi connectivity index (χ0n) is 8.69. The lowest BCUT2D eigenvalue weighted by molar-refractivity contribution is -0.118. The zero-order valence-corrected chi connectivity index (χ0v) is 8.69. The molecule has 0 aliphatic rings. The standard InChI is InChI=1S/C10H15N3O2/c1-15-8-4-2-6-12-10(8)13-7-3-5-9(11)14/h2,4,6H,3,5,7H2,1H3,(H2,11,14)(H,12,13). The van der Waals surface area contributed by atoms with Gasteiger partial charge in [0.1, 0.15) is 0 Å². The van der Waals surface area contributed by atoms with Gasteiger partial charge in [0.05, 0.1) is 7.11 Å². The van der Waals surface area contributed by atoms with E-state index in [0.29, 0.717) is 31.0 Å². The molecule has 0 aliphatic carbocycles. The molecule has 5 heteroatoms. The van der Waals surface area contributed by atoms with Gasteiger partial charge in [-0.3, -0.25) is 4.79 Å². The minimum absolute atomic E-state index is 0.287. The summed E-state index contributed by atoms with van der Waals surface area (Å²) in [4.78, 5) is 14.6. The van der Waals surface area contributed by atoms with E-state index in [0.717, 1.165) is 0 Å². The Balaban J connectivity index is 2.39. The zero-order chi connectivity index (χ0) is 11.1. The van der Waals surface area contributed by atoms with E-state index in [4.69, 9.17) is 10.5 Å². The largest absolute Gasteiger partial charge is 0.493 e. The van der Waals surface area contributed by atoms with Crippen molar-refractivity contribution in [1.29, 1.82) is 0 Å². The lowest BCUT2D eigenvalue weighted by Crippen LogP contribution is -2.13. The molecular formula is C10H15N3O2. The first-order chi connectivity index (χ1) is 7.24. The highest BCUT2D eigenvalue weighted by Gasteiger charge is 2.01. The SMILES string of the molecule is COc1cccnc1NCCCC(N)=O. The van der Waals surface area contributed by atoms with Gasteiger partial charge in [-0.15, -0.1) is 0 Å². The Labute approximate surface area is 88.6 Å². The summed E-state index contributed by atoms with van der Waals surface area (Å²) in [5, 5.41) is 3.08. The summed E-state index contributed by atoms with van der Waals surface area (Å²) in [7, 11) is 1.59. The molecule has 3 N–H and O–H groups in total. The summed E-state index contributed by atoms with van der Waals surface area (Å²) in [6.07, 6.45) is 2.75. The maximum Gasteiger partial charge on any atom is 0.217 e. The van der Waals surface area contributed by atoms with Crippen molar-refractivity contribution in [3.63, 3.8) is 0 Å². The van der Waals surface area contributed by atoms with Crippen LogP contribution in [0, 0.1) is 0 Å². The summed E-state index contributed by atoms with van der Waals surface area (Å²) in [5.74, 6) is 1.09. The topological polar surface area (TPSA) is 77.2 Å². The molecule has 5 nitrogen and oxygen atoms in total. The fraction of sp³-hybridized carbons (Fsp3) is 0.400. The molecule has 0 aliphatic heterocycles. The highest BCUT2D eigenvalue weighted by atomic mass is 16.5. The first-order valence-electron chi connectivity index (χ1n) is 4.75. The normalized spacial score (nSPS) is 9.67. The first-order valence-corrected chi connectivity index (χ1v) is 4.75. The Kier molecular flexibility index (Phi) is 4.40. The Morgan fingerprint density at radius 3 is 3.13 bits per heavy atom. The smallest absolute Gasteiger partial charge is 0.217 e. The number of carbonyl (C=O) groups excluding carboxylic acids is 1. The second-order valence-corrected chi connectivity index (χ2v) is 3.05. The second-order valence-electron chi connectivity index (χ2n) is 3.05. The van der Waals surface area contributed by atoms with Crippen LogP contribution >= 0.6 is 0 Å². The lowest BCUT2D eigenvalue weighted by atomic mass is 10.3. The van der Waals surface area contributed by atoms with Gasteiger partial charge in [-0.1, -0.05) is 0 Å². The van der Waals surface area contributed by atoms with Crippen LogP contribution < -0.4 is 15.8 Å². The summed E-state index contributed by atoms with van der Waals surface area (Å²) < 4.78 is 5.11. The van der Waals surface area contributed by atoms with Crippen molar-refractivity contribution < 1.29 is 9.53 Å². The van der Waals surface area contributed by atoms with E-state index in [1.54, 1.807) is 19.4 Å². The van der Waals surface area contributed by atoms with Gasteiger partial charge in [0.2, 0.25) is 5.91 Å². The average Bonchev–Trinajstić information content (AvgIpc) is 2.24. The van der Waals surface area contributed by atoms with Crippen LogP contribution in [0.2, 0.25) is 0 Å². The summed E-state index contributed by atoms with van der Waals surface area (Å²) in [6.45, 7) is 0.649. The number of nitrogens with zero attached hydrogens (tertiary/aromatic N) is 1. The number of amides is 1. The highest BCUT2D eigenvalue weighted by Crippen LogP contribution is 2.19. The van der Waals surface area contributed by atoms with Crippen LogP contribution in [0.25, 0.3) is 0 Å². The molecule has 0 unspecified atom stereocenters. The van der Waals surface area contributed by atoms with Crippen LogP contribution in [0.1, 0.15) is 12.8 Å². The molecule has 0 atom stereocenters. The molecule has 0 radical (unpaired) electrons. The van der Waals surface area contributed by atoms with Crippen molar-refractivity contribution in [3.8, 4) is 5.75 Å². The predicted molar refractivity (Wildman–Crippen MR) is 57.7 cm³/mol. The van der Waals surface area contributed by atoms with Crippen molar-refractivity contribution in [2.75, 3.05) is 19.0 Å². The number of aromatic nitrogens is 1. The number of anilines is 1. The van der Waals surface area contributed by atoms with Gasteiger partial charge in [0, 0.05) is 19.2 Å². The van der Waals surface area contributed by atoms with Gasteiger partial charge in [0.25, 0.3) is 0 Å². The number of methoxy groups -OCH3 is 1. The van der Waals surface area contributed by atoms with Gasteiger partial charge in [-0.25, -0.2) is 4.98 Å². The Morgan fingerprint density at radius 2 is 2.47 bits per heavy atom. The minimum atomic E-state index is -0.287. The van der Waals surface area contributed by atoms with Crippen molar-refractivity contribution in [3.05, 3.63) is 18.3 Å². The molecule has 0 spiro atoms. The predicted octanol–water partition coefficient (Wildman–Crippen LogP) is 0.768. The molecule has 1 aromatic heterocycles. The van der Waals surface area contributed by atoms with Crippen molar-refractivity contribution in [1.82, 2.24) is 4.98 Å². The maximum atomic E-state index is 10.5. The van der Waals surface area contributed by atoms with E-state index >= 15 is 0 Å². The average molecular weight is 209 g/mol. The van der Waals surface area contributed by atoms with Crippen LogP contribution in [-0.2, 0) is 4.79 Å². The van der Waals surface area contributed by atoms with Gasteiger partial charge in [-0.05, 0) is 18.6 Å². The Bertz CT molecular complexity index is 328. The van der Waals surface area contributed by atoms with Crippen LogP contribution in [0.15, 0.2) is 18.3 Å². The van der Waals surface area contributed by atoms with Crippen LogP contribution in [0.4, 0.5) is 5.82 Å². The maximum absolute atomic E-state index is 10.5. The number of primary amides is 1. The third-order valence-corrected chi connectivity index (χ3v) is 1.88. The number of pyridine rings is 1. The summed E-state index contributed by atoms with van der Waals surface area (Å²) in [6, 6.07) is 3.62. The number of hydrogen-bond acceptors (Lipinski definition) is 4. The molecule has 82 valence electrons. The molecule has 1 heterocycles. The lowest BCUT2D eigenvalue weighted by Gasteiger charge is -2.08. The van der Waals surface area contributed by atoms with Crippen molar-refractivity contribution in [2.45, 2.75) is 12.8 Å². The van der Waals surface area contributed by atoms with Crippen molar-refractivity contribution in [2.24, 2.45) is 5.73 Å². The second kappa shape index (κ2) is 5.85. The van der Waals surface area contributed by atoms with E-state index in [1.807, 2.05) is 6.07 Å². The molecule has 1 amide bonds.